The second kappa shape index (κ2) is 3.66. The third-order valence-corrected chi connectivity index (χ3v) is 3.31. The number of rotatable bonds is 2. The lowest BCUT2D eigenvalue weighted by Crippen LogP contribution is -2.74. The highest BCUT2D eigenvalue weighted by Gasteiger charge is 2.67. The van der Waals surface area contributed by atoms with E-state index in [0.29, 0.717) is 0 Å². The molecule has 0 spiro atoms. The highest BCUT2D eigenvalue weighted by Crippen LogP contribution is 2.44. The first-order chi connectivity index (χ1) is 7.10. The SMILES string of the molecule is COC1(C(=O)O)OC(C)CC(C)(O)C1(C)O. The Morgan fingerprint density at radius 2 is 1.94 bits per heavy atom. The molecule has 1 heterocycles. The monoisotopic (exact) mass is 234 g/mol. The van der Waals surface area contributed by atoms with Crippen molar-refractivity contribution in [3.63, 3.8) is 0 Å². The highest BCUT2D eigenvalue weighted by atomic mass is 16.7. The number of carboxylic acid groups (broad SMARTS) is 1. The summed E-state index contributed by atoms with van der Waals surface area (Å²) in [5.41, 5.74) is -3.66. The molecular weight excluding hydrogens is 216 g/mol. The van der Waals surface area contributed by atoms with Crippen LogP contribution < -0.4 is 0 Å². The Morgan fingerprint density at radius 3 is 2.31 bits per heavy atom. The predicted octanol–water partition coefficient (Wildman–Crippen LogP) is -0.275. The molecule has 1 saturated heterocycles. The fourth-order valence-electron chi connectivity index (χ4n) is 2.15. The van der Waals surface area contributed by atoms with Gasteiger partial charge in [-0.3, -0.25) is 0 Å². The molecule has 1 rings (SSSR count). The van der Waals surface area contributed by atoms with Crippen LogP contribution in [0, 0.1) is 0 Å². The molecule has 0 aliphatic carbocycles. The Kier molecular flexibility index (Phi) is 3.06. The highest BCUT2D eigenvalue weighted by molar-refractivity contribution is 5.78. The third-order valence-electron chi connectivity index (χ3n) is 3.31. The Morgan fingerprint density at radius 1 is 1.44 bits per heavy atom. The normalized spacial score (nSPS) is 49.0. The fraction of sp³-hybridized carbons (Fsp3) is 0.900. The van der Waals surface area contributed by atoms with E-state index in [1.165, 1.54) is 13.8 Å². The lowest BCUT2D eigenvalue weighted by Gasteiger charge is -2.53. The van der Waals surface area contributed by atoms with Crippen molar-refractivity contribution >= 4 is 5.97 Å². The minimum Gasteiger partial charge on any atom is -0.477 e. The number of carbonyl (C=O) groups is 1. The molecule has 1 aliphatic heterocycles. The van der Waals surface area contributed by atoms with Crippen LogP contribution in [0.2, 0.25) is 0 Å². The minimum atomic E-state index is -2.26. The predicted molar refractivity (Wildman–Crippen MR) is 53.8 cm³/mol. The Hall–Kier alpha value is -0.690. The van der Waals surface area contributed by atoms with Crippen LogP contribution >= 0.6 is 0 Å². The maximum atomic E-state index is 11.2. The van der Waals surface area contributed by atoms with Crippen molar-refractivity contribution in [2.75, 3.05) is 7.11 Å². The molecule has 16 heavy (non-hydrogen) atoms. The molecule has 0 bridgehead atoms. The maximum absolute atomic E-state index is 11.2. The summed E-state index contributed by atoms with van der Waals surface area (Å²) in [7, 11) is 1.12. The first kappa shape index (κ1) is 13.4. The third kappa shape index (κ3) is 1.53. The van der Waals surface area contributed by atoms with Gasteiger partial charge in [0, 0.05) is 13.5 Å². The first-order valence-corrected chi connectivity index (χ1v) is 5.02. The van der Waals surface area contributed by atoms with Gasteiger partial charge in [-0.15, -0.1) is 0 Å². The summed E-state index contributed by atoms with van der Waals surface area (Å²) < 4.78 is 10.0. The van der Waals surface area contributed by atoms with Crippen LogP contribution in [-0.2, 0) is 14.3 Å². The van der Waals surface area contributed by atoms with Crippen molar-refractivity contribution in [3.8, 4) is 0 Å². The molecule has 6 nitrogen and oxygen atoms in total. The number of aliphatic carboxylic acids is 1. The number of hydrogen-bond donors (Lipinski definition) is 3. The van der Waals surface area contributed by atoms with E-state index in [-0.39, 0.29) is 6.42 Å². The van der Waals surface area contributed by atoms with E-state index in [9.17, 15) is 15.0 Å². The zero-order valence-electron chi connectivity index (χ0n) is 9.85. The van der Waals surface area contributed by atoms with Crippen LogP contribution in [0.3, 0.4) is 0 Å². The molecular formula is C10H18O6. The zero-order chi connectivity index (χ0) is 12.8. The van der Waals surface area contributed by atoms with Gasteiger partial charge in [0.05, 0.1) is 11.7 Å². The molecule has 0 aromatic heterocycles. The average Bonchev–Trinajstić information content (AvgIpc) is 2.10. The number of carboxylic acids is 1. The average molecular weight is 234 g/mol. The van der Waals surface area contributed by atoms with E-state index in [0.717, 1.165) is 7.11 Å². The van der Waals surface area contributed by atoms with Gasteiger partial charge in [0.15, 0.2) is 5.60 Å². The second-order valence-electron chi connectivity index (χ2n) is 4.60. The van der Waals surface area contributed by atoms with Crippen molar-refractivity contribution < 1.29 is 29.6 Å². The largest absolute Gasteiger partial charge is 0.477 e. The molecule has 1 fully saturated rings. The number of hydrogen-bond acceptors (Lipinski definition) is 5. The quantitative estimate of drug-likeness (QED) is 0.608. The molecule has 6 heteroatoms. The van der Waals surface area contributed by atoms with Gasteiger partial charge in [-0.05, 0) is 20.8 Å². The van der Waals surface area contributed by atoms with Gasteiger partial charge in [0.2, 0.25) is 0 Å². The van der Waals surface area contributed by atoms with Crippen LogP contribution in [0.4, 0.5) is 0 Å². The lowest BCUT2D eigenvalue weighted by atomic mass is 9.73. The maximum Gasteiger partial charge on any atom is 0.367 e. The van der Waals surface area contributed by atoms with Gasteiger partial charge in [-0.2, -0.15) is 0 Å². The summed E-state index contributed by atoms with van der Waals surface area (Å²) >= 11 is 0. The van der Waals surface area contributed by atoms with Crippen LogP contribution in [-0.4, -0.2) is 51.5 Å². The van der Waals surface area contributed by atoms with Crippen molar-refractivity contribution in [2.45, 2.75) is 50.3 Å². The molecule has 0 amide bonds. The molecule has 0 radical (unpaired) electrons. The standard InChI is InChI=1S/C10H18O6/c1-6-5-8(2,13)9(3,14)10(15-4,16-6)7(11)12/h6,13-14H,5H2,1-4H3,(H,11,12). The molecule has 0 aromatic rings. The number of aliphatic hydroxyl groups is 2. The summed E-state index contributed by atoms with van der Waals surface area (Å²) in [6.45, 7) is 4.17. The topological polar surface area (TPSA) is 96.2 Å². The Labute approximate surface area is 93.8 Å². The van der Waals surface area contributed by atoms with E-state index >= 15 is 0 Å². The summed E-state index contributed by atoms with van der Waals surface area (Å²) in [6, 6.07) is 0. The van der Waals surface area contributed by atoms with Crippen molar-refractivity contribution in [1.29, 1.82) is 0 Å². The van der Waals surface area contributed by atoms with Crippen molar-refractivity contribution in [2.24, 2.45) is 0 Å². The van der Waals surface area contributed by atoms with E-state index in [1.807, 2.05) is 0 Å². The van der Waals surface area contributed by atoms with Crippen molar-refractivity contribution in [1.82, 2.24) is 0 Å². The summed E-state index contributed by atoms with van der Waals surface area (Å²) in [6.07, 6.45) is -0.412. The van der Waals surface area contributed by atoms with E-state index in [4.69, 9.17) is 14.6 Å². The van der Waals surface area contributed by atoms with Crippen LogP contribution in [0.25, 0.3) is 0 Å². The van der Waals surface area contributed by atoms with E-state index in [1.54, 1.807) is 6.92 Å². The van der Waals surface area contributed by atoms with Crippen LogP contribution in [0.1, 0.15) is 27.2 Å². The fourth-order valence-corrected chi connectivity index (χ4v) is 2.15. The number of methoxy groups -OCH3 is 1. The minimum absolute atomic E-state index is 0.123. The van der Waals surface area contributed by atoms with Gasteiger partial charge < -0.3 is 24.8 Å². The van der Waals surface area contributed by atoms with E-state index < -0.39 is 29.1 Å². The Bertz CT molecular complexity index is 298. The van der Waals surface area contributed by atoms with Gasteiger partial charge in [0.25, 0.3) is 0 Å². The lowest BCUT2D eigenvalue weighted by molar-refractivity contribution is -0.373. The molecule has 1 aliphatic rings. The van der Waals surface area contributed by atoms with Gasteiger partial charge in [-0.25, -0.2) is 4.79 Å². The molecule has 4 atom stereocenters. The smallest absolute Gasteiger partial charge is 0.367 e. The first-order valence-electron chi connectivity index (χ1n) is 5.02. The van der Waals surface area contributed by atoms with Gasteiger partial charge in [-0.1, -0.05) is 0 Å². The summed E-state index contributed by atoms with van der Waals surface area (Å²) in [5, 5.41) is 29.5. The summed E-state index contributed by atoms with van der Waals surface area (Å²) in [4.78, 5) is 11.2. The molecule has 0 saturated carbocycles. The molecule has 3 N–H and O–H groups in total. The molecule has 94 valence electrons. The molecule has 4 unspecified atom stereocenters. The second-order valence-corrected chi connectivity index (χ2v) is 4.60. The van der Waals surface area contributed by atoms with Crippen molar-refractivity contribution in [3.05, 3.63) is 0 Å². The Balaban J connectivity index is 3.30. The molecule has 0 aromatic carbocycles. The van der Waals surface area contributed by atoms with Gasteiger partial charge >= 0.3 is 11.8 Å². The number of ether oxygens (including phenoxy) is 2. The summed E-state index contributed by atoms with van der Waals surface area (Å²) in [5.74, 6) is -3.72. The van der Waals surface area contributed by atoms with Crippen LogP contribution in [0.15, 0.2) is 0 Å². The van der Waals surface area contributed by atoms with Crippen LogP contribution in [0.5, 0.6) is 0 Å². The zero-order valence-corrected chi connectivity index (χ0v) is 9.85. The van der Waals surface area contributed by atoms with Gasteiger partial charge in [0.1, 0.15) is 0 Å². The van der Waals surface area contributed by atoms with E-state index in [2.05, 4.69) is 0 Å².